The summed E-state index contributed by atoms with van der Waals surface area (Å²) < 4.78 is 5.00. The van der Waals surface area contributed by atoms with Gasteiger partial charge in [0.05, 0.1) is 40.6 Å². The summed E-state index contributed by atoms with van der Waals surface area (Å²) in [6, 6.07) is 22.6. The molecule has 1 aromatic heterocycles. The fourth-order valence-corrected chi connectivity index (χ4v) is 5.11. The van der Waals surface area contributed by atoms with Crippen LogP contribution in [-0.2, 0) is 9.53 Å². The second kappa shape index (κ2) is 12.9. The molecule has 1 aliphatic rings. The van der Waals surface area contributed by atoms with Gasteiger partial charge in [-0.2, -0.15) is 5.26 Å². The summed E-state index contributed by atoms with van der Waals surface area (Å²) in [4.78, 5) is 55.8. The quantitative estimate of drug-likeness (QED) is 0.110. The van der Waals surface area contributed by atoms with Crippen LogP contribution < -0.4 is 10.6 Å². The van der Waals surface area contributed by atoms with Crippen LogP contribution in [0.3, 0.4) is 0 Å². The number of benzene rings is 3. The van der Waals surface area contributed by atoms with Crippen molar-refractivity contribution in [3.63, 3.8) is 0 Å². The van der Waals surface area contributed by atoms with Gasteiger partial charge in [0.25, 0.3) is 11.7 Å². The number of rotatable bonds is 7. The number of esters is 1. The molecule has 2 heterocycles. The number of nitrogens with zero attached hydrogens (tertiary/aromatic N) is 2. The molecule has 5 rings (SSSR count). The Kier molecular flexibility index (Phi) is 8.63. The van der Waals surface area contributed by atoms with Crippen LogP contribution in [-0.4, -0.2) is 53.3 Å². The molecule has 4 aromatic rings. The lowest BCUT2D eigenvalue weighted by Crippen LogP contribution is -2.40. The highest BCUT2D eigenvalue weighted by molar-refractivity contribution is 6.45. The number of carbonyl (C=O) groups excluding carboxylic acids is 4. The second-order valence-corrected chi connectivity index (χ2v) is 9.89. The van der Waals surface area contributed by atoms with E-state index in [1.54, 1.807) is 43.3 Å². The molecule has 0 aliphatic carbocycles. The number of hydrogen-bond donors (Lipinski definition) is 3. The smallest absolute Gasteiger partial charge is 0.338 e. The summed E-state index contributed by atoms with van der Waals surface area (Å²) in [6.45, 7) is 2.63. The van der Waals surface area contributed by atoms with Crippen molar-refractivity contribution in [1.29, 1.82) is 5.26 Å². The predicted octanol–water partition coefficient (Wildman–Crippen LogP) is 5.77. The van der Waals surface area contributed by atoms with Gasteiger partial charge in [-0.25, -0.2) is 9.59 Å². The molecule has 3 amide bonds. The first-order valence-electron chi connectivity index (χ1n) is 13.9. The molecule has 216 valence electrons. The largest absolute Gasteiger partial charge is 0.462 e. The topological polar surface area (TPSA) is 144 Å². The zero-order chi connectivity index (χ0) is 30.3. The molecule has 0 atom stereocenters. The van der Waals surface area contributed by atoms with Gasteiger partial charge >= 0.3 is 12.0 Å². The Morgan fingerprint density at radius 1 is 0.930 bits per heavy atom. The van der Waals surface area contributed by atoms with Gasteiger partial charge < -0.3 is 25.3 Å². The molecular formula is C33H29N5O5. The van der Waals surface area contributed by atoms with Gasteiger partial charge in [0.15, 0.2) is 0 Å². The number of hydrogen-bond acceptors (Lipinski definition) is 6. The van der Waals surface area contributed by atoms with Crippen LogP contribution >= 0.6 is 0 Å². The van der Waals surface area contributed by atoms with Crippen LogP contribution in [0, 0.1) is 11.3 Å². The zero-order valence-electron chi connectivity index (χ0n) is 23.5. The van der Waals surface area contributed by atoms with Crippen LogP contribution in [0.15, 0.2) is 84.6 Å². The first kappa shape index (κ1) is 28.8. The number of Topliss-reactive ketones (excluding diaryl/α,β-unsaturated/α-hetero) is 1. The maximum atomic E-state index is 13.3. The Hall–Kier alpha value is -5.69. The Labute approximate surface area is 247 Å². The summed E-state index contributed by atoms with van der Waals surface area (Å²) in [6.07, 6.45) is 2.49. The van der Waals surface area contributed by atoms with Crippen LogP contribution in [0.2, 0.25) is 0 Å². The average Bonchev–Trinajstić information content (AvgIpc) is 3.47. The Morgan fingerprint density at radius 2 is 1.65 bits per heavy atom. The number of allylic oxidation sites excluding steroid dienone is 1. The van der Waals surface area contributed by atoms with Crippen molar-refractivity contribution in [2.24, 2.45) is 0 Å². The van der Waals surface area contributed by atoms with Gasteiger partial charge in [0, 0.05) is 30.4 Å². The Morgan fingerprint density at radius 3 is 2.37 bits per heavy atom. The van der Waals surface area contributed by atoms with Gasteiger partial charge in [-0.1, -0.05) is 48.5 Å². The maximum absolute atomic E-state index is 13.3. The van der Waals surface area contributed by atoms with Crippen molar-refractivity contribution in [2.75, 3.05) is 30.3 Å². The van der Waals surface area contributed by atoms with E-state index in [1.165, 1.54) is 17.2 Å². The van der Waals surface area contributed by atoms with Crippen molar-refractivity contribution in [3.05, 3.63) is 101 Å². The van der Waals surface area contributed by atoms with Crippen molar-refractivity contribution < 1.29 is 23.9 Å². The molecule has 0 radical (unpaired) electrons. The standard InChI is InChI=1S/C33H29N5O5/c1-2-43-32(41)23-10-6-11-24(18-23)36-33(42)37-28-13-7-12-25-27(20-35-29(25)28)30(39)31(40)38-16-14-22(15-17-38)26(19-34)21-8-4-3-5-9-21/h3-13,18,20,35H,2,14-17H2,1H3,(H2,36,37,42). The fourth-order valence-electron chi connectivity index (χ4n) is 5.11. The predicted molar refractivity (Wildman–Crippen MR) is 162 cm³/mol. The summed E-state index contributed by atoms with van der Waals surface area (Å²) in [7, 11) is 0. The lowest BCUT2D eigenvalue weighted by Gasteiger charge is -2.28. The van der Waals surface area contributed by atoms with E-state index in [-0.39, 0.29) is 12.2 Å². The summed E-state index contributed by atoms with van der Waals surface area (Å²) in [5, 5.41) is 15.7. The number of likely N-dealkylation sites (tertiary alicyclic amines) is 1. The van der Waals surface area contributed by atoms with E-state index in [0.29, 0.717) is 59.3 Å². The number of anilines is 2. The number of para-hydroxylation sites is 1. The molecule has 0 unspecified atom stereocenters. The zero-order valence-corrected chi connectivity index (χ0v) is 23.5. The number of ether oxygens (including phenoxy) is 1. The third-order valence-corrected chi connectivity index (χ3v) is 7.22. The Balaban J connectivity index is 1.26. The van der Waals surface area contributed by atoms with Crippen LogP contribution in [0.1, 0.15) is 46.0 Å². The number of ketones is 1. The third kappa shape index (κ3) is 6.31. The first-order valence-corrected chi connectivity index (χ1v) is 13.9. The molecule has 1 saturated heterocycles. The highest BCUT2D eigenvalue weighted by atomic mass is 16.5. The van der Waals surface area contributed by atoms with Crippen molar-refractivity contribution in [2.45, 2.75) is 19.8 Å². The number of urea groups is 1. The normalized spacial score (nSPS) is 12.7. The number of aromatic nitrogens is 1. The minimum atomic E-state index is -0.653. The fraction of sp³-hybridized carbons (Fsp3) is 0.182. The number of amides is 3. The molecule has 3 N–H and O–H groups in total. The van der Waals surface area contributed by atoms with E-state index in [1.807, 2.05) is 30.3 Å². The molecule has 1 aliphatic heterocycles. The molecule has 0 bridgehead atoms. The van der Waals surface area contributed by atoms with E-state index in [2.05, 4.69) is 21.7 Å². The van der Waals surface area contributed by atoms with E-state index in [4.69, 9.17) is 4.74 Å². The van der Waals surface area contributed by atoms with Gasteiger partial charge in [0.1, 0.15) is 0 Å². The van der Waals surface area contributed by atoms with E-state index < -0.39 is 23.7 Å². The van der Waals surface area contributed by atoms with Gasteiger partial charge in [-0.05, 0) is 55.2 Å². The van der Waals surface area contributed by atoms with Crippen LogP contribution in [0.4, 0.5) is 16.2 Å². The van der Waals surface area contributed by atoms with Gasteiger partial charge in [0.2, 0.25) is 0 Å². The van der Waals surface area contributed by atoms with Crippen molar-refractivity contribution in [3.8, 4) is 6.07 Å². The minimum absolute atomic E-state index is 0.203. The lowest BCUT2D eigenvalue weighted by molar-refractivity contribution is -0.126. The Bertz CT molecular complexity index is 1770. The van der Waals surface area contributed by atoms with E-state index in [0.717, 1.165) is 11.1 Å². The molecule has 43 heavy (non-hydrogen) atoms. The van der Waals surface area contributed by atoms with Crippen molar-refractivity contribution >= 4 is 51.5 Å². The summed E-state index contributed by atoms with van der Waals surface area (Å²) in [5.41, 5.74) is 4.23. The highest BCUT2D eigenvalue weighted by Crippen LogP contribution is 2.29. The second-order valence-electron chi connectivity index (χ2n) is 9.89. The van der Waals surface area contributed by atoms with E-state index in [9.17, 15) is 24.4 Å². The number of nitrogens with one attached hydrogen (secondary N) is 3. The van der Waals surface area contributed by atoms with E-state index >= 15 is 0 Å². The highest BCUT2D eigenvalue weighted by Gasteiger charge is 2.29. The van der Waals surface area contributed by atoms with Gasteiger partial charge in [-0.3, -0.25) is 9.59 Å². The SMILES string of the molecule is CCOC(=O)c1cccc(NC(=O)Nc2cccc3c(C(=O)C(=O)N4CCC(=C(C#N)c5ccccc5)CC4)c[nH]c23)c1. The average molecular weight is 576 g/mol. The van der Waals surface area contributed by atoms with Crippen LogP contribution in [0.5, 0.6) is 0 Å². The molecule has 10 nitrogen and oxygen atoms in total. The number of piperidine rings is 1. The monoisotopic (exact) mass is 575 g/mol. The number of nitriles is 1. The summed E-state index contributed by atoms with van der Waals surface area (Å²) in [5.74, 6) is -1.76. The molecule has 0 saturated carbocycles. The summed E-state index contributed by atoms with van der Waals surface area (Å²) >= 11 is 0. The van der Waals surface area contributed by atoms with Crippen molar-refractivity contribution in [1.82, 2.24) is 9.88 Å². The molecule has 1 fully saturated rings. The molecule has 3 aromatic carbocycles. The first-order chi connectivity index (χ1) is 20.9. The number of carbonyl (C=O) groups is 4. The van der Waals surface area contributed by atoms with Gasteiger partial charge in [-0.15, -0.1) is 0 Å². The number of aromatic amines is 1. The van der Waals surface area contributed by atoms with Crippen LogP contribution in [0.25, 0.3) is 16.5 Å². The third-order valence-electron chi connectivity index (χ3n) is 7.22. The number of H-pyrrole nitrogens is 1. The maximum Gasteiger partial charge on any atom is 0.338 e. The molecular weight excluding hydrogens is 546 g/mol. The minimum Gasteiger partial charge on any atom is -0.462 e. The molecule has 0 spiro atoms. The molecule has 10 heteroatoms. The lowest BCUT2D eigenvalue weighted by atomic mass is 9.93. The number of fused-ring (bicyclic) bond motifs is 1.